The molecule has 0 radical (unpaired) electrons. The molecule has 1 saturated heterocycles. The number of likely N-dealkylation sites (tertiary alicyclic amines) is 1. The number of nitrogens with two attached hydrogens (primary N) is 1. The largest absolute Gasteiger partial charge is 0.398 e. The molecule has 1 aliphatic heterocycles. The molecule has 2 rings (SSSR count). The van der Waals surface area contributed by atoms with Gasteiger partial charge >= 0.3 is 6.18 Å². The lowest BCUT2D eigenvalue weighted by atomic mass is 9.96. The number of hydrogen-bond donors (Lipinski definition) is 1. The van der Waals surface area contributed by atoms with Gasteiger partial charge in [0.2, 0.25) is 0 Å². The van der Waals surface area contributed by atoms with Crippen molar-refractivity contribution in [3.63, 3.8) is 0 Å². The number of hydrogen-bond acceptors (Lipinski definition) is 2. The van der Waals surface area contributed by atoms with Crippen LogP contribution in [-0.4, -0.2) is 24.2 Å². The van der Waals surface area contributed by atoms with Gasteiger partial charge in [-0.3, -0.25) is 4.90 Å². The zero-order valence-electron chi connectivity index (χ0n) is 10.1. The molecule has 1 aromatic rings. The van der Waals surface area contributed by atoms with Crippen molar-refractivity contribution >= 4 is 5.69 Å². The van der Waals surface area contributed by atoms with E-state index in [1.807, 2.05) is 29.2 Å². The van der Waals surface area contributed by atoms with Crippen LogP contribution in [-0.2, 0) is 6.54 Å². The Morgan fingerprint density at radius 1 is 1.17 bits per heavy atom. The Kier molecular flexibility index (Phi) is 3.80. The molecule has 0 unspecified atom stereocenters. The second-order valence-electron chi connectivity index (χ2n) is 4.79. The second-order valence-corrected chi connectivity index (χ2v) is 4.79. The highest BCUT2D eigenvalue weighted by molar-refractivity contribution is 5.46. The molecule has 0 spiro atoms. The van der Waals surface area contributed by atoms with Gasteiger partial charge in [0.1, 0.15) is 0 Å². The SMILES string of the molecule is Nc1ccccc1CN1CCC(C(F)(F)F)CC1. The maximum absolute atomic E-state index is 12.5. The topological polar surface area (TPSA) is 29.3 Å². The molecular formula is C13H17F3N2. The van der Waals surface area contributed by atoms with E-state index in [2.05, 4.69) is 0 Å². The zero-order chi connectivity index (χ0) is 13.2. The van der Waals surface area contributed by atoms with Crippen molar-refractivity contribution in [2.24, 2.45) is 5.92 Å². The Labute approximate surface area is 105 Å². The van der Waals surface area contributed by atoms with Gasteiger partial charge in [-0.15, -0.1) is 0 Å². The van der Waals surface area contributed by atoms with Gasteiger partial charge in [-0.1, -0.05) is 18.2 Å². The second kappa shape index (κ2) is 5.18. The van der Waals surface area contributed by atoms with Gasteiger partial charge in [0.25, 0.3) is 0 Å². The van der Waals surface area contributed by atoms with Crippen LogP contribution in [0.25, 0.3) is 0 Å². The van der Waals surface area contributed by atoms with E-state index < -0.39 is 12.1 Å². The molecule has 1 fully saturated rings. The summed E-state index contributed by atoms with van der Waals surface area (Å²) in [7, 11) is 0. The first-order valence-corrected chi connectivity index (χ1v) is 6.09. The molecule has 0 aromatic heterocycles. The van der Waals surface area contributed by atoms with Crippen molar-refractivity contribution in [2.75, 3.05) is 18.8 Å². The van der Waals surface area contributed by atoms with E-state index in [9.17, 15) is 13.2 Å². The Bertz CT molecular complexity index is 395. The van der Waals surface area contributed by atoms with Crippen molar-refractivity contribution in [2.45, 2.75) is 25.6 Å². The standard InChI is InChI=1S/C13H17F3N2/c14-13(15,16)11-5-7-18(8-6-11)9-10-3-1-2-4-12(10)17/h1-4,11H,5-9,17H2. The van der Waals surface area contributed by atoms with E-state index >= 15 is 0 Å². The zero-order valence-corrected chi connectivity index (χ0v) is 10.1. The molecule has 1 aliphatic rings. The summed E-state index contributed by atoms with van der Waals surface area (Å²) in [5, 5.41) is 0. The molecule has 2 N–H and O–H groups in total. The summed E-state index contributed by atoms with van der Waals surface area (Å²) in [6.45, 7) is 1.61. The summed E-state index contributed by atoms with van der Waals surface area (Å²) in [4.78, 5) is 2.04. The fourth-order valence-corrected chi connectivity index (χ4v) is 2.34. The highest BCUT2D eigenvalue weighted by atomic mass is 19.4. The van der Waals surface area contributed by atoms with Crippen LogP contribution in [0.5, 0.6) is 0 Å². The third-order valence-corrected chi connectivity index (χ3v) is 3.50. The van der Waals surface area contributed by atoms with Gasteiger partial charge in [-0.25, -0.2) is 0 Å². The van der Waals surface area contributed by atoms with E-state index in [1.165, 1.54) is 0 Å². The summed E-state index contributed by atoms with van der Waals surface area (Å²) < 4.78 is 37.6. The van der Waals surface area contributed by atoms with Crippen LogP contribution >= 0.6 is 0 Å². The van der Waals surface area contributed by atoms with Crippen LogP contribution in [0.1, 0.15) is 18.4 Å². The molecular weight excluding hydrogens is 241 g/mol. The average Bonchev–Trinajstić information content (AvgIpc) is 2.32. The fourth-order valence-electron chi connectivity index (χ4n) is 2.34. The fraction of sp³-hybridized carbons (Fsp3) is 0.538. The Hall–Kier alpha value is -1.23. The molecule has 1 aromatic carbocycles. The Balaban J connectivity index is 1.90. The van der Waals surface area contributed by atoms with Crippen molar-refractivity contribution in [1.82, 2.24) is 4.90 Å². The van der Waals surface area contributed by atoms with Gasteiger partial charge < -0.3 is 5.73 Å². The molecule has 1 heterocycles. The van der Waals surface area contributed by atoms with Crippen molar-refractivity contribution in [1.29, 1.82) is 0 Å². The minimum Gasteiger partial charge on any atom is -0.398 e. The normalized spacial score (nSPS) is 19.1. The molecule has 0 bridgehead atoms. The quantitative estimate of drug-likeness (QED) is 0.826. The first-order chi connectivity index (χ1) is 8.47. The lowest BCUT2D eigenvalue weighted by Crippen LogP contribution is -2.38. The van der Waals surface area contributed by atoms with Gasteiger partial charge in [0.15, 0.2) is 0 Å². The van der Waals surface area contributed by atoms with Crippen molar-refractivity contribution < 1.29 is 13.2 Å². The van der Waals surface area contributed by atoms with E-state index in [0.717, 1.165) is 5.56 Å². The smallest absolute Gasteiger partial charge is 0.391 e. The van der Waals surface area contributed by atoms with Crippen LogP contribution in [0.3, 0.4) is 0 Å². The molecule has 18 heavy (non-hydrogen) atoms. The number of piperidine rings is 1. The minimum atomic E-state index is -4.04. The third kappa shape index (κ3) is 3.16. The molecule has 2 nitrogen and oxygen atoms in total. The summed E-state index contributed by atoms with van der Waals surface area (Å²) in [6.07, 6.45) is -3.66. The summed E-state index contributed by atoms with van der Waals surface area (Å²) >= 11 is 0. The average molecular weight is 258 g/mol. The number of rotatable bonds is 2. The maximum Gasteiger partial charge on any atom is 0.391 e. The van der Waals surface area contributed by atoms with Crippen molar-refractivity contribution in [3.8, 4) is 0 Å². The lowest BCUT2D eigenvalue weighted by molar-refractivity contribution is -0.185. The minimum absolute atomic E-state index is 0.191. The Morgan fingerprint density at radius 3 is 2.33 bits per heavy atom. The number of anilines is 1. The number of alkyl halides is 3. The predicted octanol–water partition coefficient (Wildman–Crippen LogP) is 3.04. The van der Waals surface area contributed by atoms with E-state index in [-0.39, 0.29) is 12.8 Å². The third-order valence-electron chi connectivity index (χ3n) is 3.50. The first-order valence-electron chi connectivity index (χ1n) is 6.09. The summed E-state index contributed by atoms with van der Waals surface area (Å²) in [5.74, 6) is -1.14. The number of nitrogens with zero attached hydrogens (tertiary/aromatic N) is 1. The van der Waals surface area contributed by atoms with Crippen LogP contribution in [0.2, 0.25) is 0 Å². The van der Waals surface area contributed by atoms with Crippen LogP contribution in [0.4, 0.5) is 18.9 Å². The van der Waals surface area contributed by atoms with Crippen LogP contribution in [0, 0.1) is 5.92 Å². The highest BCUT2D eigenvalue weighted by Gasteiger charge is 2.40. The predicted molar refractivity (Wildman–Crippen MR) is 64.9 cm³/mol. The van der Waals surface area contributed by atoms with E-state index in [4.69, 9.17) is 5.73 Å². The van der Waals surface area contributed by atoms with E-state index in [1.54, 1.807) is 0 Å². The van der Waals surface area contributed by atoms with Crippen LogP contribution < -0.4 is 5.73 Å². The van der Waals surface area contributed by atoms with Crippen LogP contribution in [0.15, 0.2) is 24.3 Å². The van der Waals surface area contributed by atoms with E-state index in [0.29, 0.717) is 25.3 Å². The summed E-state index contributed by atoms with van der Waals surface area (Å²) in [5.41, 5.74) is 7.52. The number of nitrogen functional groups attached to an aromatic ring is 1. The number of para-hydroxylation sites is 1. The van der Waals surface area contributed by atoms with Crippen molar-refractivity contribution in [3.05, 3.63) is 29.8 Å². The highest BCUT2D eigenvalue weighted by Crippen LogP contribution is 2.34. The van der Waals surface area contributed by atoms with Gasteiger partial charge in [0, 0.05) is 12.2 Å². The van der Waals surface area contributed by atoms with Gasteiger partial charge in [-0.2, -0.15) is 13.2 Å². The van der Waals surface area contributed by atoms with Gasteiger partial charge in [-0.05, 0) is 37.6 Å². The Morgan fingerprint density at radius 2 is 1.78 bits per heavy atom. The first kappa shape index (κ1) is 13.2. The molecule has 0 aliphatic carbocycles. The number of halogens is 3. The number of benzene rings is 1. The molecule has 0 atom stereocenters. The monoisotopic (exact) mass is 258 g/mol. The van der Waals surface area contributed by atoms with Gasteiger partial charge in [0.05, 0.1) is 5.92 Å². The maximum atomic E-state index is 12.5. The molecule has 100 valence electrons. The molecule has 0 saturated carbocycles. The lowest BCUT2D eigenvalue weighted by Gasteiger charge is -2.33. The summed E-state index contributed by atoms with van der Waals surface area (Å²) in [6, 6.07) is 7.49. The molecule has 0 amide bonds. The molecule has 5 heteroatoms.